The molecule has 2 aromatic carbocycles. The van der Waals surface area contributed by atoms with Crippen molar-refractivity contribution < 1.29 is 4.79 Å². The van der Waals surface area contributed by atoms with Gasteiger partial charge >= 0.3 is 0 Å². The van der Waals surface area contributed by atoms with Gasteiger partial charge in [0, 0.05) is 45.7 Å². The number of aromatic nitrogens is 1. The SMILES string of the molecule is NSc1cc(NC(=O)Cc2ccccc2Cl)cc2cnc(N3CCCCC3)cc12. The van der Waals surface area contributed by atoms with Gasteiger partial charge in [0.2, 0.25) is 5.91 Å². The van der Waals surface area contributed by atoms with E-state index >= 15 is 0 Å². The number of nitrogens with one attached hydrogen (secondary N) is 1. The van der Waals surface area contributed by atoms with Gasteiger partial charge in [0.15, 0.2) is 0 Å². The highest BCUT2D eigenvalue weighted by molar-refractivity contribution is 7.97. The fourth-order valence-corrected chi connectivity index (χ4v) is 4.40. The lowest BCUT2D eigenvalue weighted by molar-refractivity contribution is -0.115. The number of halogens is 1. The van der Waals surface area contributed by atoms with Crippen molar-refractivity contribution >= 4 is 51.7 Å². The fraction of sp³-hybridized carbons (Fsp3) is 0.273. The predicted molar refractivity (Wildman–Crippen MR) is 122 cm³/mol. The van der Waals surface area contributed by atoms with Crippen molar-refractivity contribution in [3.63, 3.8) is 0 Å². The van der Waals surface area contributed by atoms with Crippen molar-refractivity contribution in [2.24, 2.45) is 5.14 Å². The van der Waals surface area contributed by atoms with Crippen LogP contribution in [-0.4, -0.2) is 24.0 Å². The minimum absolute atomic E-state index is 0.122. The molecule has 1 aliphatic heterocycles. The summed E-state index contributed by atoms with van der Waals surface area (Å²) in [5.74, 6) is 0.867. The second kappa shape index (κ2) is 9.03. The molecule has 1 aliphatic rings. The standard InChI is InChI=1S/C22H23ClN4OS/c23-19-7-3-2-6-15(19)11-22(28)26-17-10-16-14-25-21(27-8-4-1-5-9-27)13-18(16)20(12-17)29-24/h2-3,6-7,10,12-14H,1,4-5,8-9,11,24H2,(H,26,28). The quantitative estimate of drug-likeness (QED) is 0.560. The van der Waals surface area contributed by atoms with Crippen LogP contribution in [0, 0.1) is 0 Å². The maximum Gasteiger partial charge on any atom is 0.228 e. The molecule has 0 radical (unpaired) electrons. The van der Waals surface area contributed by atoms with Gasteiger partial charge in [0.25, 0.3) is 0 Å². The Bertz CT molecular complexity index is 1040. The van der Waals surface area contributed by atoms with Gasteiger partial charge in [-0.2, -0.15) is 0 Å². The van der Waals surface area contributed by atoms with E-state index in [0.717, 1.165) is 40.1 Å². The monoisotopic (exact) mass is 426 g/mol. The van der Waals surface area contributed by atoms with E-state index in [1.165, 1.54) is 31.2 Å². The van der Waals surface area contributed by atoms with Crippen molar-refractivity contribution in [1.29, 1.82) is 0 Å². The van der Waals surface area contributed by atoms with Crippen molar-refractivity contribution in [3.8, 4) is 0 Å². The van der Waals surface area contributed by atoms with Crippen molar-refractivity contribution in [1.82, 2.24) is 4.98 Å². The maximum atomic E-state index is 12.5. The number of carbonyl (C=O) groups excluding carboxylic acids is 1. The first-order valence-electron chi connectivity index (χ1n) is 9.73. The minimum Gasteiger partial charge on any atom is -0.357 e. The maximum absolute atomic E-state index is 12.5. The first-order chi connectivity index (χ1) is 14.1. The number of carbonyl (C=O) groups is 1. The largest absolute Gasteiger partial charge is 0.357 e. The zero-order valence-corrected chi connectivity index (χ0v) is 17.6. The summed E-state index contributed by atoms with van der Waals surface area (Å²) < 4.78 is 0. The summed E-state index contributed by atoms with van der Waals surface area (Å²) >= 11 is 7.35. The summed E-state index contributed by atoms with van der Waals surface area (Å²) in [6, 6.07) is 13.3. The molecule has 0 spiro atoms. The Kier molecular flexibility index (Phi) is 6.23. The Labute approximate surface area is 179 Å². The van der Waals surface area contributed by atoms with E-state index in [4.69, 9.17) is 16.7 Å². The van der Waals surface area contributed by atoms with Crippen LogP contribution >= 0.6 is 23.5 Å². The second-order valence-electron chi connectivity index (χ2n) is 7.22. The first kappa shape index (κ1) is 20.0. The molecule has 1 fully saturated rings. The number of nitrogens with zero attached hydrogens (tertiary/aromatic N) is 2. The van der Waals surface area contributed by atoms with Gasteiger partial charge in [-0.15, -0.1) is 0 Å². The molecule has 0 aliphatic carbocycles. The molecule has 1 saturated heterocycles. The lowest BCUT2D eigenvalue weighted by Crippen LogP contribution is -2.30. The Hall–Kier alpha value is -2.28. The summed E-state index contributed by atoms with van der Waals surface area (Å²) in [5, 5.41) is 11.5. The average molecular weight is 427 g/mol. The molecular weight excluding hydrogens is 404 g/mol. The predicted octanol–water partition coefficient (Wildman–Crippen LogP) is 5.03. The third-order valence-corrected chi connectivity index (χ3v) is 6.14. The van der Waals surface area contributed by atoms with Crippen LogP contribution in [0.15, 0.2) is 53.6 Å². The number of fused-ring (bicyclic) bond motifs is 1. The lowest BCUT2D eigenvalue weighted by Gasteiger charge is -2.28. The molecule has 0 saturated carbocycles. The van der Waals surface area contributed by atoms with E-state index in [2.05, 4.69) is 21.3 Å². The molecule has 3 aromatic rings. The molecule has 4 rings (SSSR count). The molecule has 0 atom stereocenters. The number of benzene rings is 2. The molecule has 7 heteroatoms. The molecule has 0 unspecified atom stereocenters. The van der Waals surface area contributed by atoms with E-state index in [1.54, 1.807) is 6.07 Å². The van der Waals surface area contributed by atoms with E-state index in [9.17, 15) is 4.79 Å². The number of pyridine rings is 1. The molecule has 1 aromatic heterocycles. The van der Waals surface area contributed by atoms with Gasteiger partial charge in [-0.1, -0.05) is 29.8 Å². The lowest BCUT2D eigenvalue weighted by atomic mass is 10.1. The van der Waals surface area contributed by atoms with Crippen LogP contribution in [0.4, 0.5) is 11.5 Å². The van der Waals surface area contributed by atoms with Crippen LogP contribution in [0.1, 0.15) is 24.8 Å². The number of amides is 1. The molecule has 1 amide bonds. The summed E-state index contributed by atoms with van der Waals surface area (Å²) in [6.45, 7) is 2.08. The molecule has 2 heterocycles. The first-order valence-corrected chi connectivity index (χ1v) is 11.0. The van der Waals surface area contributed by atoms with Crippen LogP contribution < -0.4 is 15.4 Å². The molecule has 3 N–H and O–H groups in total. The van der Waals surface area contributed by atoms with Crippen LogP contribution in [0.3, 0.4) is 0 Å². The van der Waals surface area contributed by atoms with Crippen molar-refractivity contribution in [3.05, 3.63) is 59.2 Å². The van der Waals surface area contributed by atoms with Crippen LogP contribution in [0.5, 0.6) is 0 Å². The highest BCUT2D eigenvalue weighted by Crippen LogP contribution is 2.32. The third kappa shape index (κ3) is 4.66. The Balaban J connectivity index is 1.57. The van der Waals surface area contributed by atoms with E-state index in [-0.39, 0.29) is 12.3 Å². The Morgan fingerprint density at radius 1 is 1.17 bits per heavy atom. The number of nitrogens with two attached hydrogens (primary N) is 1. The van der Waals surface area contributed by atoms with Crippen LogP contribution in [-0.2, 0) is 11.2 Å². The number of anilines is 2. The normalized spacial score (nSPS) is 14.2. The summed E-state index contributed by atoms with van der Waals surface area (Å²) in [5.41, 5.74) is 1.50. The zero-order chi connectivity index (χ0) is 20.2. The molecule has 0 bridgehead atoms. The zero-order valence-electron chi connectivity index (χ0n) is 16.0. The highest BCUT2D eigenvalue weighted by atomic mass is 35.5. The Morgan fingerprint density at radius 2 is 1.97 bits per heavy atom. The van der Waals surface area contributed by atoms with Crippen molar-refractivity contribution in [2.75, 3.05) is 23.3 Å². The van der Waals surface area contributed by atoms with Gasteiger partial charge in [0.1, 0.15) is 5.82 Å². The summed E-state index contributed by atoms with van der Waals surface area (Å²) in [7, 11) is 0. The van der Waals surface area contributed by atoms with E-state index < -0.39 is 0 Å². The highest BCUT2D eigenvalue weighted by Gasteiger charge is 2.15. The average Bonchev–Trinajstić information content (AvgIpc) is 2.75. The topological polar surface area (TPSA) is 71.2 Å². The van der Waals surface area contributed by atoms with E-state index in [0.29, 0.717) is 10.7 Å². The van der Waals surface area contributed by atoms with Gasteiger partial charge in [0.05, 0.1) is 6.42 Å². The third-order valence-electron chi connectivity index (χ3n) is 5.18. The minimum atomic E-state index is -0.122. The van der Waals surface area contributed by atoms with Crippen LogP contribution in [0.2, 0.25) is 5.02 Å². The molecule has 29 heavy (non-hydrogen) atoms. The number of rotatable bonds is 5. The van der Waals surface area contributed by atoms with Gasteiger partial charge in [-0.3, -0.25) is 9.93 Å². The van der Waals surface area contributed by atoms with Gasteiger partial charge in [-0.05, 0) is 61.0 Å². The summed E-state index contributed by atoms with van der Waals surface area (Å²) in [6.07, 6.45) is 5.77. The number of piperidine rings is 1. The Morgan fingerprint density at radius 3 is 2.72 bits per heavy atom. The van der Waals surface area contributed by atoms with Gasteiger partial charge < -0.3 is 10.2 Å². The fourth-order valence-electron chi connectivity index (χ4n) is 3.70. The second-order valence-corrected chi connectivity index (χ2v) is 8.30. The number of hydrogen-bond acceptors (Lipinski definition) is 5. The molecule has 150 valence electrons. The molecular formula is C22H23ClN4OS. The number of hydrogen-bond donors (Lipinski definition) is 2. The van der Waals surface area contributed by atoms with Crippen LogP contribution in [0.25, 0.3) is 10.8 Å². The van der Waals surface area contributed by atoms with Gasteiger partial charge in [-0.25, -0.2) is 4.98 Å². The van der Waals surface area contributed by atoms with E-state index in [1.807, 2.05) is 36.5 Å². The van der Waals surface area contributed by atoms with Crippen molar-refractivity contribution in [2.45, 2.75) is 30.6 Å². The summed E-state index contributed by atoms with van der Waals surface area (Å²) in [4.78, 5) is 20.4. The molecule has 5 nitrogen and oxygen atoms in total. The smallest absolute Gasteiger partial charge is 0.228 e.